The molecule has 0 spiro atoms. The van der Waals surface area contributed by atoms with E-state index in [9.17, 15) is 12.8 Å². The third kappa shape index (κ3) is 3.54. The number of rotatable bonds is 4. The highest BCUT2D eigenvalue weighted by molar-refractivity contribution is 7.89. The second-order valence-electron chi connectivity index (χ2n) is 8.97. The van der Waals surface area contributed by atoms with Crippen molar-refractivity contribution in [3.63, 3.8) is 0 Å². The van der Waals surface area contributed by atoms with Gasteiger partial charge in [0, 0.05) is 23.7 Å². The SMILES string of the molecule is COc1ccc(F)cc1S(=O)(=O)N1C2CCC1CC(n1cc(C(C)(C)C)nn1)C2. The predicted octanol–water partition coefficient (Wildman–Crippen LogP) is 3.28. The predicted molar refractivity (Wildman–Crippen MR) is 106 cm³/mol. The summed E-state index contributed by atoms with van der Waals surface area (Å²) in [5, 5.41) is 8.62. The number of hydrogen-bond donors (Lipinski definition) is 0. The third-order valence-electron chi connectivity index (χ3n) is 5.98. The van der Waals surface area contributed by atoms with Gasteiger partial charge in [-0.25, -0.2) is 17.5 Å². The molecule has 3 heterocycles. The number of halogens is 1. The number of hydrogen-bond acceptors (Lipinski definition) is 5. The number of methoxy groups -OCH3 is 1. The van der Waals surface area contributed by atoms with Gasteiger partial charge in [0.2, 0.25) is 10.0 Å². The molecule has 2 atom stereocenters. The van der Waals surface area contributed by atoms with E-state index < -0.39 is 15.8 Å². The van der Waals surface area contributed by atoms with E-state index in [0.717, 1.165) is 24.6 Å². The van der Waals surface area contributed by atoms with Crippen molar-refractivity contribution in [3.8, 4) is 5.75 Å². The van der Waals surface area contributed by atoms with Gasteiger partial charge in [0.05, 0.1) is 18.8 Å². The molecule has 9 heteroatoms. The van der Waals surface area contributed by atoms with E-state index in [1.807, 2.05) is 10.9 Å². The molecule has 2 aliphatic heterocycles. The van der Waals surface area contributed by atoms with Gasteiger partial charge in [-0.05, 0) is 43.9 Å². The Morgan fingerprint density at radius 1 is 1.14 bits per heavy atom. The van der Waals surface area contributed by atoms with Crippen molar-refractivity contribution in [2.24, 2.45) is 0 Å². The summed E-state index contributed by atoms with van der Waals surface area (Å²) in [6, 6.07) is 3.44. The lowest BCUT2D eigenvalue weighted by Crippen LogP contribution is -2.47. The second kappa shape index (κ2) is 7.05. The lowest BCUT2D eigenvalue weighted by molar-refractivity contribution is 0.183. The van der Waals surface area contributed by atoms with Crippen molar-refractivity contribution < 1.29 is 17.5 Å². The molecule has 2 aliphatic rings. The molecule has 29 heavy (non-hydrogen) atoms. The molecule has 0 N–H and O–H groups in total. The van der Waals surface area contributed by atoms with Gasteiger partial charge >= 0.3 is 0 Å². The first-order valence-corrected chi connectivity index (χ1v) is 11.3. The molecule has 7 nitrogen and oxygen atoms in total. The Bertz CT molecular complexity index is 1000. The summed E-state index contributed by atoms with van der Waals surface area (Å²) < 4.78 is 49.3. The normalized spacial score (nSPS) is 25.3. The summed E-state index contributed by atoms with van der Waals surface area (Å²) in [5.74, 6) is -0.428. The molecular formula is C20H27FN4O3S. The third-order valence-corrected chi connectivity index (χ3v) is 8.00. The summed E-state index contributed by atoms with van der Waals surface area (Å²) in [6.45, 7) is 6.27. The molecule has 4 rings (SSSR count). The number of ether oxygens (including phenoxy) is 1. The van der Waals surface area contributed by atoms with Gasteiger partial charge in [0.1, 0.15) is 16.5 Å². The molecule has 1 aromatic heterocycles. The maximum absolute atomic E-state index is 13.8. The van der Waals surface area contributed by atoms with Gasteiger partial charge in [0.25, 0.3) is 0 Å². The summed E-state index contributed by atoms with van der Waals surface area (Å²) in [5.41, 5.74) is 0.833. The number of benzene rings is 1. The van der Waals surface area contributed by atoms with E-state index in [2.05, 4.69) is 31.1 Å². The van der Waals surface area contributed by atoms with E-state index in [1.54, 1.807) is 4.31 Å². The number of aromatic nitrogens is 3. The zero-order valence-electron chi connectivity index (χ0n) is 17.2. The van der Waals surface area contributed by atoms with Crippen LogP contribution in [-0.2, 0) is 15.4 Å². The number of sulfonamides is 1. The van der Waals surface area contributed by atoms with Crippen molar-refractivity contribution in [2.45, 2.75) is 74.9 Å². The maximum atomic E-state index is 13.8. The van der Waals surface area contributed by atoms with Crippen LogP contribution in [0.4, 0.5) is 4.39 Å². The molecule has 0 saturated carbocycles. The van der Waals surface area contributed by atoms with Crippen molar-refractivity contribution >= 4 is 10.0 Å². The van der Waals surface area contributed by atoms with Crippen LogP contribution in [0.15, 0.2) is 29.3 Å². The van der Waals surface area contributed by atoms with Crippen LogP contribution in [0.1, 0.15) is 58.2 Å². The van der Waals surface area contributed by atoms with Crippen LogP contribution >= 0.6 is 0 Å². The minimum Gasteiger partial charge on any atom is -0.495 e. The molecule has 0 aliphatic carbocycles. The number of fused-ring (bicyclic) bond motifs is 2. The molecule has 2 fully saturated rings. The highest BCUT2D eigenvalue weighted by Gasteiger charge is 2.48. The zero-order valence-corrected chi connectivity index (χ0v) is 18.0. The van der Waals surface area contributed by atoms with E-state index in [-0.39, 0.29) is 34.2 Å². The lowest BCUT2D eigenvalue weighted by atomic mass is 9.93. The Hall–Kier alpha value is -2.00. The highest BCUT2D eigenvalue weighted by Crippen LogP contribution is 2.45. The van der Waals surface area contributed by atoms with Gasteiger partial charge in [-0.1, -0.05) is 26.0 Å². The Morgan fingerprint density at radius 3 is 2.34 bits per heavy atom. The van der Waals surface area contributed by atoms with Gasteiger partial charge in [-0.15, -0.1) is 5.10 Å². The molecule has 2 bridgehead atoms. The Balaban J connectivity index is 1.62. The fourth-order valence-electron chi connectivity index (χ4n) is 4.48. The van der Waals surface area contributed by atoms with Gasteiger partial charge in [-0.2, -0.15) is 4.31 Å². The molecule has 0 radical (unpaired) electrons. The first-order valence-electron chi connectivity index (χ1n) is 9.90. The fourth-order valence-corrected chi connectivity index (χ4v) is 6.54. The minimum atomic E-state index is -3.86. The first-order chi connectivity index (χ1) is 13.6. The average molecular weight is 423 g/mol. The Morgan fingerprint density at radius 2 is 1.79 bits per heavy atom. The first kappa shape index (κ1) is 20.3. The molecule has 158 valence electrons. The van der Waals surface area contributed by atoms with Crippen LogP contribution in [0.25, 0.3) is 0 Å². The minimum absolute atomic E-state index is 0.0881. The largest absolute Gasteiger partial charge is 0.495 e. The monoisotopic (exact) mass is 422 g/mol. The van der Waals surface area contributed by atoms with Crippen molar-refractivity contribution in [1.82, 2.24) is 19.3 Å². The van der Waals surface area contributed by atoms with Crippen LogP contribution in [0.5, 0.6) is 5.75 Å². The topological polar surface area (TPSA) is 77.3 Å². The summed E-state index contributed by atoms with van der Waals surface area (Å²) in [7, 11) is -2.47. The summed E-state index contributed by atoms with van der Waals surface area (Å²) >= 11 is 0. The number of nitrogens with zero attached hydrogens (tertiary/aromatic N) is 4. The molecule has 0 amide bonds. The van der Waals surface area contributed by atoms with Crippen LogP contribution in [0.3, 0.4) is 0 Å². The van der Waals surface area contributed by atoms with E-state index >= 15 is 0 Å². The molecular weight excluding hydrogens is 395 g/mol. The Kier molecular flexibility index (Phi) is 4.93. The smallest absolute Gasteiger partial charge is 0.247 e. The van der Waals surface area contributed by atoms with Crippen molar-refractivity contribution in [3.05, 3.63) is 35.9 Å². The van der Waals surface area contributed by atoms with Crippen molar-refractivity contribution in [2.75, 3.05) is 7.11 Å². The lowest BCUT2D eigenvalue weighted by Gasteiger charge is -2.37. The Labute approximate surface area is 170 Å². The van der Waals surface area contributed by atoms with Crippen LogP contribution in [0, 0.1) is 5.82 Å². The van der Waals surface area contributed by atoms with Crippen molar-refractivity contribution in [1.29, 1.82) is 0 Å². The standard InChI is InChI=1S/C20H27FN4O3S/c1-20(2,3)19-12-24(23-22-19)16-10-14-6-7-15(11-16)25(14)29(26,27)18-9-13(21)5-8-17(18)28-4/h5,8-9,12,14-16H,6-7,10-11H2,1-4H3. The molecule has 2 saturated heterocycles. The average Bonchev–Trinajstić information content (AvgIpc) is 3.25. The molecule has 2 unspecified atom stereocenters. The maximum Gasteiger partial charge on any atom is 0.247 e. The molecule has 2 aromatic rings. The number of piperidine rings is 1. The van der Waals surface area contributed by atoms with Crippen LogP contribution in [0.2, 0.25) is 0 Å². The van der Waals surface area contributed by atoms with E-state index in [1.165, 1.54) is 19.2 Å². The zero-order chi connectivity index (χ0) is 21.0. The van der Waals surface area contributed by atoms with Crippen LogP contribution in [-0.4, -0.2) is 46.9 Å². The van der Waals surface area contributed by atoms with E-state index in [0.29, 0.717) is 12.8 Å². The van der Waals surface area contributed by atoms with Gasteiger partial charge in [-0.3, -0.25) is 0 Å². The highest BCUT2D eigenvalue weighted by atomic mass is 32.2. The van der Waals surface area contributed by atoms with Crippen LogP contribution < -0.4 is 4.74 Å². The van der Waals surface area contributed by atoms with Gasteiger partial charge < -0.3 is 4.74 Å². The summed E-state index contributed by atoms with van der Waals surface area (Å²) in [4.78, 5) is -0.105. The second-order valence-corrected chi connectivity index (χ2v) is 10.8. The molecule has 1 aromatic carbocycles. The summed E-state index contributed by atoms with van der Waals surface area (Å²) in [6.07, 6.45) is 4.89. The quantitative estimate of drug-likeness (QED) is 0.756. The van der Waals surface area contributed by atoms with E-state index in [4.69, 9.17) is 4.74 Å². The fraction of sp³-hybridized carbons (Fsp3) is 0.600. The van der Waals surface area contributed by atoms with Gasteiger partial charge in [0.15, 0.2) is 0 Å².